The van der Waals surface area contributed by atoms with E-state index in [2.05, 4.69) is 4.90 Å². The molecule has 1 N–H and O–H groups in total. The van der Waals surface area contributed by atoms with E-state index in [-0.39, 0.29) is 6.10 Å². The maximum atomic E-state index is 9.83. The maximum Gasteiger partial charge on any atom is 0.162 e. The number of rotatable bonds is 2. The molecule has 4 heteroatoms. The van der Waals surface area contributed by atoms with Crippen molar-refractivity contribution in [2.45, 2.75) is 12.5 Å². The van der Waals surface area contributed by atoms with Gasteiger partial charge in [0.05, 0.1) is 11.6 Å². The Morgan fingerprint density at radius 1 is 0.955 bits per heavy atom. The Morgan fingerprint density at radius 3 is 2.50 bits per heavy atom. The van der Waals surface area contributed by atoms with Crippen LogP contribution in [0.5, 0.6) is 0 Å². The van der Waals surface area contributed by atoms with Crippen LogP contribution >= 0.6 is 0 Å². The monoisotopic (exact) mass is 291 g/mol. The number of nitrogens with zero attached hydrogens (tertiary/aromatic N) is 3. The van der Waals surface area contributed by atoms with Gasteiger partial charge >= 0.3 is 0 Å². The van der Waals surface area contributed by atoms with E-state index in [1.165, 1.54) is 0 Å². The van der Waals surface area contributed by atoms with Crippen LogP contribution in [0, 0.1) is 0 Å². The van der Waals surface area contributed by atoms with Crippen LogP contribution in [0.3, 0.4) is 0 Å². The summed E-state index contributed by atoms with van der Waals surface area (Å²) in [6.45, 7) is 1.46. The van der Waals surface area contributed by atoms with Gasteiger partial charge in [-0.2, -0.15) is 0 Å². The Balaban J connectivity index is 1.90. The SMILES string of the molecule is O[C@H]1CCN(c2nc(-c3ccccc3)nc3ccccc23)C1. The topological polar surface area (TPSA) is 49.2 Å². The maximum absolute atomic E-state index is 9.83. The van der Waals surface area contributed by atoms with Crippen molar-refractivity contribution in [1.82, 2.24) is 9.97 Å². The highest BCUT2D eigenvalue weighted by atomic mass is 16.3. The van der Waals surface area contributed by atoms with E-state index in [0.29, 0.717) is 6.54 Å². The second-order valence-corrected chi connectivity index (χ2v) is 5.64. The second-order valence-electron chi connectivity index (χ2n) is 5.64. The molecule has 0 radical (unpaired) electrons. The van der Waals surface area contributed by atoms with Crippen LogP contribution in [0.2, 0.25) is 0 Å². The fourth-order valence-corrected chi connectivity index (χ4v) is 2.95. The van der Waals surface area contributed by atoms with Crippen molar-refractivity contribution in [3.05, 3.63) is 54.6 Å². The van der Waals surface area contributed by atoms with Gasteiger partial charge in [0.2, 0.25) is 0 Å². The van der Waals surface area contributed by atoms with E-state index >= 15 is 0 Å². The molecule has 1 fully saturated rings. The summed E-state index contributed by atoms with van der Waals surface area (Å²) in [7, 11) is 0. The van der Waals surface area contributed by atoms with Gasteiger partial charge in [-0.25, -0.2) is 9.97 Å². The number of anilines is 1. The molecular formula is C18H17N3O. The van der Waals surface area contributed by atoms with Gasteiger partial charge in [0, 0.05) is 24.0 Å². The van der Waals surface area contributed by atoms with Crippen LogP contribution in [0.25, 0.3) is 22.3 Å². The third-order valence-corrected chi connectivity index (χ3v) is 4.08. The van der Waals surface area contributed by atoms with Gasteiger partial charge in [-0.3, -0.25) is 0 Å². The predicted octanol–water partition coefficient (Wildman–Crippen LogP) is 2.87. The van der Waals surface area contributed by atoms with Crippen LogP contribution < -0.4 is 4.90 Å². The summed E-state index contributed by atoms with van der Waals surface area (Å²) in [5, 5.41) is 10.9. The number of fused-ring (bicyclic) bond motifs is 1. The van der Waals surface area contributed by atoms with Crippen LogP contribution in [0.1, 0.15) is 6.42 Å². The van der Waals surface area contributed by atoms with E-state index in [1.807, 2.05) is 54.6 Å². The first-order chi connectivity index (χ1) is 10.8. The van der Waals surface area contributed by atoms with Crippen molar-refractivity contribution in [3.8, 4) is 11.4 Å². The molecule has 0 saturated carbocycles. The molecule has 1 atom stereocenters. The number of para-hydroxylation sites is 1. The molecule has 4 nitrogen and oxygen atoms in total. The van der Waals surface area contributed by atoms with Crippen molar-refractivity contribution in [2.24, 2.45) is 0 Å². The van der Waals surface area contributed by atoms with Gasteiger partial charge in [0.25, 0.3) is 0 Å². The molecule has 22 heavy (non-hydrogen) atoms. The fourth-order valence-electron chi connectivity index (χ4n) is 2.95. The van der Waals surface area contributed by atoms with Crippen LogP contribution in [0.4, 0.5) is 5.82 Å². The molecule has 0 aliphatic carbocycles. The van der Waals surface area contributed by atoms with E-state index in [4.69, 9.17) is 9.97 Å². The van der Waals surface area contributed by atoms with Crippen molar-refractivity contribution in [1.29, 1.82) is 0 Å². The first-order valence-corrected chi connectivity index (χ1v) is 7.56. The number of β-amino-alcohol motifs (C(OH)–C–C–N with tert-alkyl or cyclic N) is 1. The average molecular weight is 291 g/mol. The zero-order valence-electron chi connectivity index (χ0n) is 12.2. The van der Waals surface area contributed by atoms with Gasteiger partial charge in [-0.1, -0.05) is 42.5 Å². The summed E-state index contributed by atoms with van der Waals surface area (Å²) in [5.74, 6) is 1.65. The Labute approximate surface area is 129 Å². The highest BCUT2D eigenvalue weighted by Gasteiger charge is 2.23. The fraction of sp³-hybridized carbons (Fsp3) is 0.222. The minimum atomic E-state index is -0.270. The molecule has 2 heterocycles. The summed E-state index contributed by atoms with van der Waals surface area (Å²) in [6, 6.07) is 18.1. The molecular weight excluding hydrogens is 274 g/mol. The van der Waals surface area contributed by atoms with Crippen molar-refractivity contribution < 1.29 is 5.11 Å². The summed E-state index contributed by atoms with van der Waals surface area (Å²) in [5.41, 5.74) is 1.95. The number of benzene rings is 2. The summed E-state index contributed by atoms with van der Waals surface area (Å²) >= 11 is 0. The van der Waals surface area contributed by atoms with Crippen molar-refractivity contribution >= 4 is 16.7 Å². The number of aliphatic hydroxyl groups is 1. The average Bonchev–Trinajstić information content (AvgIpc) is 3.01. The molecule has 0 bridgehead atoms. The molecule has 2 aromatic carbocycles. The first-order valence-electron chi connectivity index (χ1n) is 7.56. The zero-order valence-corrected chi connectivity index (χ0v) is 12.2. The molecule has 0 unspecified atom stereocenters. The van der Waals surface area contributed by atoms with Crippen LogP contribution in [0.15, 0.2) is 54.6 Å². The number of aliphatic hydroxyl groups excluding tert-OH is 1. The highest BCUT2D eigenvalue weighted by molar-refractivity contribution is 5.91. The van der Waals surface area contributed by atoms with Crippen LogP contribution in [-0.4, -0.2) is 34.3 Å². The van der Waals surface area contributed by atoms with E-state index in [0.717, 1.165) is 41.1 Å². The quantitative estimate of drug-likeness (QED) is 0.789. The third-order valence-electron chi connectivity index (χ3n) is 4.08. The molecule has 1 aliphatic heterocycles. The lowest BCUT2D eigenvalue weighted by molar-refractivity contribution is 0.198. The Morgan fingerprint density at radius 2 is 1.73 bits per heavy atom. The minimum absolute atomic E-state index is 0.270. The summed E-state index contributed by atoms with van der Waals surface area (Å²) in [6.07, 6.45) is 0.521. The first kappa shape index (κ1) is 13.2. The van der Waals surface area contributed by atoms with Crippen LogP contribution in [-0.2, 0) is 0 Å². The highest BCUT2D eigenvalue weighted by Crippen LogP contribution is 2.29. The van der Waals surface area contributed by atoms with Gasteiger partial charge < -0.3 is 10.0 Å². The molecule has 0 spiro atoms. The minimum Gasteiger partial charge on any atom is -0.391 e. The van der Waals surface area contributed by atoms with E-state index in [9.17, 15) is 5.11 Å². The number of aromatic nitrogens is 2. The lowest BCUT2D eigenvalue weighted by Gasteiger charge is -2.19. The van der Waals surface area contributed by atoms with E-state index in [1.54, 1.807) is 0 Å². The summed E-state index contributed by atoms with van der Waals surface area (Å²) in [4.78, 5) is 11.6. The Kier molecular flexibility index (Phi) is 3.24. The van der Waals surface area contributed by atoms with Gasteiger partial charge in [0.1, 0.15) is 5.82 Å². The summed E-state index contributed by atoms with van der Waals surface area (Å²) < 4.78 is 0. The third kappa shape index (κ3) is 2.31. The molecule has 0 amide bonds. The van der Waals surface area contributed by atoms with Gasteiger partial charge in [0.15, 0.2) is 5.82 Å². The van der Waals surface area contributed by atoms with Crippen molar-refractivity contribution in [3.63, 3.8) is 0 Å². The zero-order chi connectivity index (χ0) is 14.9. The Bertz CT molecular complexity index is 804. The normalized spacial score (nSPS) is 18.0. The standard InChI is InChI=1S/C18H17N3O/c22-14-10-11-21(12-14)18-15-8-4-5-9-16(15)19-17(20-18)13-6-2-1-3-7-13/h1-9,14,22H,10-12H2/t14-/m0/s1. The van der Waals surface area contributed by atoms with E-state index < -0.39 is 0 Å². The molecule has 1 aliphatic rings. The lowest BCUT2D eigenvalue weighted by Crippen LogP contribution is -2.22. The lowest BCUT2D eigenvalue weighted by atomic mass is 10.2. The second kappa shape index (κ2) is 5.39. The predicted molar refractivity (Wildman–Crippen MR) is 87.8 cm³/mol. The smallest absolute Gasteiger partial charge is 0.162 e. The largest absolute Gasteiger partial charge is 0.391 e. The molecule has 4 rings (SSSR count). The number of hydrogen-bond donors (Lipinski definition) is 1. The van der Waals surface area contributed by atoms with Gasteiger partial charge in [-0.05, 0) is 18.6 Å². The van der Waals surface area contributed by atoms with Crippen molar-refractivity contribution in [2.75, 3.05) is 18.0 Å². The Hall–Kier alpha value is -2.46. The molecule has 3 aromatic rings. The molecule has 1 saturated heterocycles. The number of hydrogen-bond acceptors (Lipinski definition) is 4. The molecule has 1 aromatic heterocycles. The van der Waals surface area contributed by atoms with Gasteiger partial charge in [-0.15, -0.1) is 0 Å². The molecule has 110 valence electrons.